The highest BCUT2D eigenvalue weighted by Crippen LogP contribution is 2.24. The predicted octanol–water partition coefficient (Wildman–Crippen LogP) is 3.24. The van der Waals surface area contributed by atoms with E-state index in [1.807, 2.05) is 30.3 Å². The average Bonchev–Trinajstić information content (AvgIpc) is 3.43. The highest BCUT2D eigenvalue weighted by atomic mass is 32.1. The van der Waals surface area contributed by atoms with Crippen molar-refractivity contribution < 1.29 is 4.79 Å². The van der Waals surface area contributed by atoms with Gasteiger partial charge >= 0.3 is 0 Å². The maximum Gasteiger partial charge on any atom is 0.265 e. The minimum absolute atomic E-state index is 0.122. The van der Waals surface area contributed by atoms with Crippen molar-refractivity contribution in [3.63, 3.8) is 0 Å². The van der Waals surface area contributed by atoms with Crippen molar-refractivity contribution in [3.05, 3.63) is 52.0 Å². The second kappa shape index (κ2) is 8.03. The van der Waals surface area contributed by atoms with Gasteiger partial charge < -0.3 is 9.80 Å². The monoisotopic (exact) mass is 365 g/mol. The third-order valence-electron chi connectivity index (χ3n) is 5.11. The maximum atomic E-state index is 12.9. The number of likely N-dealkylation sites (tertiary alicyclic amines) is 2. The van der Waals surface area contributed by atoms with E-state index < -0.39 is 0 Å². The summed E-state index contributed by atoms with van der Waals surface area (Å²) < 4.78 is 0. The Morgan fingerprint density at radius 2 is 1.92 bits per heavy atom. The summed E-state index contributed by atoms with van der Waals surface area (Å²) in [5, 5.41) is 0.701. The van der Waals surface area contributed by atoms with E-state index in [0.717, 1.165) is 31.5 Å². The number of carbonyl (C=O) groups is 1. The summed E-state index contributed by atoms with van der Waals surface area (Å²) in [5.74, 6) is 6.30. The minimum atomic E-state index is 0.122. The van der Waals surface area contributed by atoms with Crippen LogP contribution in [0.3, 0.4) is 0 Å². The van der Waals surface area contributed by atoms with Crippen LogP contribution in [0.25, 0.3) is 0 Å². The van der Waals surface area contributed by atoms with Crippen molar-refractivity contribution in [2.24, 2.45) is 0 Å². The summed E-state index contributed by atoms with van der Waals surface area (Å²) >= 11 is 1.40. The molecule has 0 saturated carbocycles. The first-order chi connectivity index (χ1) is 12.8. The van der Waals surface area contributed by atoms with Gasteiger partial charge in [0.2, 0.25) is 0 Å². The Kier molecular flexibility index (Phi) is 5.33. The molecule has 2 aromatic rings. The van der Waals surface area contributed by atoms with Crippen LogP contribution < -0.4 is 0 Å². The van der Waals surface area contributed by atoms with Gasteiger partial charge in [-0.15, -0.1) is 11.3 Å². The van der Waals surface area contributed by atoms with E-state index in [9.17, 15) is 4.79 Å². The van der Waals surface area contributed by atoms with Gasteiger partial charge in [0.25, 0.3) is 5.91 Å². The number of thiazole rings is 1. The van der Waals surface area contributed by atoms with Crippen molar-refractivity contribution in [3.8, 4) is 11.8 Å². The maximum absolute atomic E-state index is 12.9. The number of hydrogen-bond donors (Lipinski definition) is 0. The molecule has 0 aliphatic carbocycles. The number of hydrogen-bond acceptors (Lipinski definition) is 4. The van der Waals surface area contributed by atoms with Crippen molar-refractivity contribution in [1.82, 2.24) is 14.8 Å². The molecule has 4 nitrogen and oxygen atoms in total. The molecule has 134 valence electrons. The van der Waals surface area contributed by atoms with E-state index in [-0.39, 0.29) is 5.91 Å². The van der Waals surface area contributed by atoms with Crippen LogP contribution in [0.15, 0.2) is 36.5 Å². The SMILES string of the molecule is O=C(c1cnc(C#Cc2ccccc2)s1)N1CCCC1CN1CCCC1. The molecule has 1 unspecified atom stereocenters. The van der Waals surface area contributed by atoms with Crippen molar-refractivity contribution >= 4 is 17.2 Å². The van der Waals surface area contributed by atoms with Crippen molar-refractivity contribution in [1.29, 1.82) is 0 Å². The summed E-state index contributed by atoms with van der Waals surface area (Å²) in [4.78, 5) is 22.5. The molecule has 0 spiro atoms. The van der Waals surface area contributed by atoms with E-state index >= 15 is 0 Å². The number of benzene rings is 1. The summed E-state index contributed by atoms with van der Waals surface area (Å²) in [5.41, 5.74) is 0.959. The molecule has 2 aliphatic rings. The number of aromatic nitrogens is 1. The molecular weight excluding hydrogens is 342 g/mol. The van der Waals surface area contributed by atoms with E-state index in [2.05, 4.69) is 26.6 Å². The first kappa shape index (κ1) is 17.3. The van der Waals surface area contributed by atoms with Gasteiger partial charge in [-0.2, -0.15) is 0 Å². The molecule has 2 saturated heterocycles. The first-order valence-corrected chi connectivity index (χ1v) is 10.2. The number of rotatable bonds is 3. The lowest BCUT2D eigenvalue weighted by atomic mass is 10.2. The van der Waals surface area contributed by atoms with Crippen LogP contribution in [0, 0.1) is 11.8 Å². The van der Waals surface area contributed by atoms with Gasteiger partial charge in [-0.25, -0.2) is 4.98 Å². The average molecular weight is 366 g/mol. The highest BCUT2D eigenvalue weighted by molar-refractivity contribution is 7.14. The highest BCUT2D eigenvalue weighted by Gasteiger charge is 2.32. The fourth-order valence-corrected chi connectivity index (χ4v) is 4.50. The fourth-order valence-electron chi connectivity index (χ4n) is 3.78. The molecule has 2 fully saturated rings. The predicted molar refractivity (Wildman–Crippen MR) is 104 cm³/mol. The lowest BCUT2D eigenvalue weighted by Crippen LogP contribution is -2.42. The van der Waals surface area contributed by atoms with Gasteiger partial charge in [0, 0.05) is 24.7 Å². The molecule has 1 atom stereocenters. The van der Waals surface area contributed by atoms with E-state index in [4.69, 9.17) is 0 Å². The Hall–Kier alpha value is -2.16. The summed E-state index contributed by atoms with van der Waals surface area (Å²) in [6.07, 6.45) is 6.48. The topological polar surface area (TPSA) is 36.4 Å². The number of carbonyl (C=O) groups excluding carboxylic acids is 1. The molecule has 0 radical (unpaired) electrons. The molecule has 0 N–H and O–H groups in total. The second-order valence-electron chi connectivity index (χ2n) is 6.95. The zero-order valence-corrected chi connectivity index (χ0v) is 15.7. The number of nitrogens with zero attached hydrogens (tertiary/aromatic N) is 3. The molecule has 4 rings (SSSR count). The Morgan fingerprint density at radius 1 is 1.12 bits per heavy atom. The summed E-state index contributed by atoms with van der Waals surface area (Å²) in [7, 11) is 0. The van der Waals surface area contributed by atoms with Gasteiger partial charge in [-0.3, -0.25) is 4.79 Å². The van der Waals surface area contributed by atoms with Crippen LogP contribution in [-0.4, -0.2) is 52.9 Å². The molecule has 1 amide bonds. The lowest BCUT2D eigenvalue weighted by Gasteiger charge is -2.28. The molecule has 26 heavy (non-hydrogen) atoms. The molecule has 1 aromatic carbocycles. The van der Waals surface area contributed by atoms with Crippen LogP contribution in [0.5, 0.6) is 0 Å². The van der Waals surface area contributed by atoms with Gasteiger partial charge in [0.15, 0.2) is 5.01 Å². The van der Waals surface area contributed by atoms with E-state index in [0.29, 0.717) is 15.9 Å². The van der Waals surface area contributed by atoms with Crippen LogP contribution in [0.1, 0.15) is 45.9 Å². The zero-order chi connectivity index (χ0) is 17.8. The molecule has 1 aromatic heterocycles. The normalized spacial score (nSPS) is 20.2. The third-order valence-corrected chi connectivity index (χ3v) is 6.01. The van der Waals surface area contributed by atoms with Gasteiger partial charge in [-0.1, -0.05) is 24.1 Å². The Labute approximate surface area is 158 Å². The summed E-state index contributed by atoms with van der Waals surface area (Å²) in [6.45, 7) is 4.24. The van der Waals surface area contributed by atoms with Gasteiger partial charge in [0.1, 0.15) is 4.88 Å². The molecule has 3 heterocycles. The van der Waals surface area contributed by atoms with Crippen LogP contribution in [0.4, 0.5) is 0 Å². The molecular formula is C21H23N3OS. The molecule has 5 heteroatoms. The smallest absolute Gasteiger partial charge is 0.265 e. The minimum Gasteiger partial charge on any atom is -0.334 e. The van der Waals surface area contributed by atoms with Crippen molar-refractivity contribution in [2.75, 3.05) is 26.2 Å². The van der Waals surface area contributed by atoms with E-state index in [1.165, 1.54) is 37.3 Å². The standard InChI is InChI=1S/C21H23N3OS/c25-21(24-14-6-9-18(24)16-23-12-4-5-13-23)19-15-22-20(26-19)11-10-17-7-2-1-3-8-17/h1-3,7-8,15,18H,4-6,9,12-14,16H2. The largest absolute Gasteiger partial charge is 0.334 e. The zero-order valence-electron chi connectivity index (χ0n) is 14.9. The fraction of sp³-hybridized carbons (Fsp3) is 0.429. The van der Waals surface area contributed by atoms with Gasteiger partial charge in [-0.05, 0) is 56.8 Å². The Balaban J connectivity index is 1.43. The van der Waals surface area contributed by atoms with Crippen LogP contribution in [-0.2, 0) is 0 Å². The van der Waals surface area contributed by atoms with Crippen molar-refractivity contribution in [2.45, 2.75) is 31.7 Å². The van der Waals surface area contributed by atoms with Gasteiger partial charge in [0.05, 0.1) is 6.20 Å². The Morgan fingerprint density at radius 3 is 2.73 bits per heavy atom. The third kappa shape index (κ3) is 3.98. The quantitative estimate of drug-likeness (QED) is 0.784. The first-order valence-electron chi connectivity index (χ1n) is 9.36. The molecule has 0 bridgehead atoms. The molecule has 2 aliphatic heterocycles. The summed E-state index contributed by atoms with van der Waals surface area (Å²) in [6, 6.07) is 10.2. The Bertz CT molecular complexity index is 815. The number of amides is 1. The van der Waals surface area contributed by atoms with E-state index in [1.54, 1.807) is 6.20 Å². The van der Waals surface area contributed by atoms with Crippen LogP contribution >= 0.6 is 11.3 Å². The lowest BCUT2D eigenvalue weighted by molar-refractivity contribution is 0.0713. The second-order valence-corrected chi connectivity index (χ2v) is 7.98. The van der Waals surface area contributed by atoms with Crippen LogP contribution in [0.2, 0.25) is 0 Å².